The Kier molecular flexibility index (Phi) is 5.56. The van der Waals surface area contributed by atoms with Crippen LogP contribution in [0, 0.1) is 17.6 Å². The maximum atomic E-state index is 13.6. The Morgan fingerprint density at radius 3 is 2.18 bits per heavy atom. The number of rotatable bonds is 6. The van der Waals surface area contributed by atoms with Crippen LogP contribution >= 0.6 is 0 Å². The van der Waals surface area contributed by atoms with Gasteiger partial charge in [0.25, 0.3) is 0 Å². The summed E-state index contributed by atoms with van der Waals surface area (Å²) >= 11 is 0. The zero-order valence-corrected chi connectivity index (χ0v) is 10.8. The molecule has 0 aromatic heterocycles. The summed E-state index contributed by atoms with van der Waals surface area (Å²) in [6.07, 6.45) is 2.80. The molecule has 0 saturated heterocycles. The molecule has 3 heteroatoms. The minimum Gasteiger partial charge on any atom is -0.313 e. The Bertz CT molecular complexity index is 330. The molecule has 1 aromatic rings. The second kappa shape index (κ2) is 6.70. The van der Waals surface area contributed by atoms with Gasteiger partial charge in [0.2, 0.25) is 0 Å². The third kappa shape index (κ3) is 4.08. The molecule has 1 atom stereocenters. The average molecular weight is 241 g/mol. The summed E-state index contributed by atoms with van der Waals surface area (Å²) in [6.45, 7) is 4.30. The molecule has 1 N–H and O–H groups in total. The highest BCUT2D eigenvalue weighted by molar-refractivity contribution is 5.23. The van der Waals surface area contributed by atoms with E-state index in [1.54, 1.807) is 7.05 Å². The molecule has 0 aliphatic heterocycles. The van der Waals surface area contributed by atoms with Crippen molar-refractivity contribution in [3.05, 3.63) is 35.4 Å². The maximum absolute atomic E-state index is 13.6. The van der Waals surface area contributed by atoms with Crippen molar-refractivity contribution in [3.63, 3.8) is 0 Å². The summed E-state index contributed by atoms with van der Waals surface area (Å²) < 4.78 is 27.2. The van der Waals surface area contributed by atoms with Crippen molar-refractivity contribution in [3.8, 4) is 0 Å². The normalized spacial score (nSPS) is 13.1. The lowest BCUT2D eigenvalue weighted by Crippen LogP contribution is -2.19. The van der Waals surface area contributed by atoms with E-state index in [1.165, 1.54) is 18.2 Å². The van der Waals surface area contributed by atoms with Gasteiger partial charge in [-0.25, -0.2) is 8.78 Å². The molecule has 1 aromatic carbocycles. The van der Waals surface area contributed by atoms with Crippen LogP contribution in [0.15, 0.2) is 18.2 Å². The van der Waals surface area contributed by atoms with Crippen molar-refractivity contribution in [2.45, 2.75) is 39.2 Å². The van der Waals surface area contributed by atoms with Crippen LogP contribution in [0.25, 0.3) is 0 Å². The Labute approximate surface area is 102 Å². The zero-order valence-electron chi connectivity index (χ0n) is 10.8. The molecule has 0 bridgehead atoms. The monoisotopic (exact) mass is 241 g/mol. The molecular weight excluding hydrogens is 220 g/mol. The van der Waals surface area contributed by atoms with Crippen LogP contribution in [0.5, 0.6) is 0 Å². The first-order valence-electron chi connectivity index (χ1n) is 6.17. The molecule has 0 saturated carbocycles. The first-order chi connectivity index (χ1) is 8.06. The van der Waals surface area contributed by atoms with Crippen LogP contribution in [0.4, 0.5) is 8.78 Å². The Morgan fingerprint density at radius 2 is 1.71 bits per heavy atom. The minimum absolute atomic E-state index is 0.166. The van der Waals surface area contributed by atoms with Gasteiger partial charge in [0.05, 0.1) is 0 Å². The smallest absolute Gasteiger partial charge is 0.130 e. The molecule has 96 valence electrons. The van der Waals surface area contributed by atoms with E-state index in [4.69, 9.17) is 0 Å². The van der Waals surface area contributed by atoms with E-state index in [9.17, 15) is 8.78 Å². The summed E-state index contributed by atoms with van der Waals surface area (Å²) in [5.74, 6) is -0.305. The third-order valence-electron chi connectivity index (χ3n) is 2.97. The molecule has 0 spiro atoms. The fraction of sp³-hybridized carbons (Fsp3) is 0.571. The highest BCUT2D eigenvalue weighted by Gasteiger charge is 2.18. The predicted molar refractivity (Wildman–Crippen MR) is 66.8 cm³/mol. The van der Waals surface area contributed by atoms with Crippen LogP contribution in [0.2, 0.25) is 0 Å². The Morgan fingerprint density at radius 1 is 1.12 bits per heavy atom. The zero-order chi connectivity index (χ0) is 12.8. The average Bonchev–Trinajstić information content (AvgIpc) is 2.26. The van der Waals surface area contributed by atoms with Gasteiger partial charge in [-0.15, -0.1) is 0 Å². The van der Waals surface area contributed by atoms with E-state index < -0.39 is 11.6 Å². The van der Waals surface area contributed by atoms with E-state index in [1.807, 2.05) is 0 Å². The van der Waals surface area contributed by atoms with Gasteiger partial charge < -0.3 is 5.32 Å². The van der Waals surface area contributed by atoms with Crippen molar-refractivity contribution < 1.29 is 8.78 Å². The van der Waals surface area contributed by atoms with E-state index in [0.717, 1.165) is 19.3 Å². The van der Waals surface area contributed by atoms with Gasteiger partial charge >= 0.3 is 0 Å². The van der Waals surface area contributed by atoms with Crippen molar-refractivity contribution in [2.24, 2.45) is 5.92 Å². The second-order valence-electron chi connectivity index (χ2n) is 4.80. The van der Waals surface area contributed by atoms with Crippen molar-refractivity contribution in [1.29, 1.82) is 0 Å². The van der Waals surface area contributed by atoms with Gasteiger partial charge in [-0.05, 0) is 31.5 Å². The standard InChI is InChI=1S/C14H21F2N/c1-10(2)6-4-9-13(17-3)14-11(15)7-5-8-12(14)16/h5,7-8,10,13,17H,4,6,9H2,1-3H3. The SMILES string of the molecule is CNC(CCCC(C)C)c1c(F)cccc1F. The summed E-state index contributed by atoms with van der Waals surface area (Å²) in [7, 11) is 1.74. The van der Waals surface area contributed by atoms with Gasteiger partial charge in [-0.3, -0.25) is 0 Å². The number of benzene rings is 1. The molecule has 17 heavy (non-hydrogen) atoms. The number of nitrogens with one attached hydrogen (secondary N) is 1. The molecule has 0 aliphatic carbocycles. The number of hydrogen-bond acceptors (Lipinski definition) is 1. The van der Waals surface area contributed by atoms with E-state index in [2.05, 4.69) is 19.2 Å². The van der Waals surface area contributed by atoms with Gasteiger partial charge in [0.15, 0.2) is 0 Å². The molecule has 0 heterocycles. The summed E-state index contributed by atoms with van der Waals surface area (Å²) in [5, 5.41) is 2.99. The lowest BCUT2D eigenvalue weighted by atomic mass is 9.97. The lowest BCUT2D eigenvalue weighted by Gasteiger charge is -2.18. The minimum atomic E-state index is -0.464. The van der Waals surface area contributed by atoms with E-state index in [0.29, 0.717) is 5.92 Å². The van der Waals surface area contributed by atoms with E-state index >= 15 is 0 Å². The first-order valence-corrected chi connectivity index (χ1v) is 6.17. The molecular formula is C14H21F2N. The van der Waals surface area contributed by atoms with Crippen LogP contribution in [-0.4, -0.2) is 7.05 Å². The molecule has 0 aliphatic rings. The highest BCUT2D eigenvalue weighted by Crippen LogP contribution is 2.25. The Hall–Kier alpha value is -0.960. The van der Waals surface area contributed by atoms with Gasteiger partial charge in [-0.2, -0.15) is 0 Å². The summed E-state index contributed by atoms with van der Waals surface area (Å²) in [4.78, 5) is 0. The molecule has 1 unspecified atom stereocenters. The van der Waals surface area contributed by atoms with Crippen LogP contribution < -0.4 is 5.32 Å². The molecule has 0 fully saturated rings. The van der Waals surface area contributed by atoms with Crippen molar-refractivity contribution in [2.75, 3.05) is 7.05 Å². The quantitative estimate of drug-likeness (QED) is 0.792. The first kappa shape index (κ1) is 14.1. The Balaban J connectivity index is 2.72. The lowest BCUT2D eigenvalue weighted by molar-refractivity contribution is 0.437. The molecule has 1 nitrogen and oxygen atoms in total. The number of halogens is 2. The highest BCUT2D eigenvalue weighted by atomic mass is 19.1. The summed E-state index contributed by atoms with van der Waals surface area (Å²) in [6, 6.07) is 3.78. The summed E-state index contributed by atoms with van der Waals surface area (Å²) in [5.41, 5.74) is 0.166. The molecule has 0 amide bonds. The van der Waals surface area contributed by atoms with Crippen LogP contribution in [0.3, 0.4) is 0 Å². The van der Waals surface area contributed by atoms with Crippen molar-refractivity contribution in [1.82, 2.24) is 5.32 Å². The van der Waals surface area contributed by atoms with E-state index in [-0.39, 0.29) is 11.6 Å². The fourth-order valence-electron chi connectivity index (χ4n) is 2.01. The van der Waals surface area contributed by atoms with Gasteiger partial charge in [-0.1, -0.05) is 32.8 Å². The van der Waals surface area contributed by atoms with Gasteiger partial charge in [0, 0.05) is 11.6 Å². The van der Waals surface area contributed by atoms with Crippen molar-refractivity contribution >= 4 is 0 Å². The second-order valence-corrected chi connectivity index (χ2v) is 4.80. The predicted octanol–water partition coefficient (Wildman–Crippen LogP) is 4.05. The molecule has 0 radical (unpaired) electrons. The van der Waals surface area contributed by atoms with Crippen LogP contribution in [-0.2, 0) is 0 Å². The third-order valence-corrected chi connectivity index (χ3v) is 2.97. The van der Waals surface area contributed by atoms with Gasteiger partial charge in [0.1, 0.15) is 11.6 Å². The topological polar surface area (TPSA) is 12.0 Å². The largest absolute Gasteiger partial charge is 0.313 e. The maximum Gasteiger partial charge on any atom is 0.130 e. The number of hydrogen-bond donors (Lipinski definition) is 1. The fourth-order valence-corrected chi connectivity index (χ4v) is 2.01. The molecule has 1 rings (SSSR count). The van der Waals surface area contributed by atoms with Crippen LogP contribution in [0.1, 0.15) is 44.7 Å².